The van der Waals surface area contributed by atoms with E-state index in [-0.39, 0.29) is 0 Å². The lowest BCUT2D eigenvalue weighted by molar-refractivity contribution is 0.666. The molecular weight excluding hydrogens is 330 g/mol. The van der Waals surface area contributed by atoms with Crippen molar-refractivity contribution in [2.75, 3.05) is 0 Å². The third-order valence-electron chi connectivity index (χ3n) is 5.50. The molecular formula is C25H17NO. The van der Waals surface area contributed by atoms with Crippen LogP contribution in [-0.4, -0.2) is 4.57 Å². The van der Waals surface area contributed by atoms with Crippen LogP contribution in [0.1, 0.15) is 5.56 Å². The van der Waals surface area contributed by atoms with Crippen molar-refractivity contribution in [3.05, 3.63) is 90.5 Å². The first-order chi connectivity index (χ1) is 13.3. The minimum Gasteiger partial charge on any atom is -0.456 e. The van der Waals surface area contributed by atoms with Crippen molar-refractivity contribution in [1.29, 1.82) is 0 Å². The Morgan fingerprint density at radius 3 is 2.30 bits per heavy atom. The van der Waals surface area contributed by atoms with Gasteiger partial charge in [0.2, 0.25) is 0 Å². The predicted molar refractivity (Wildman–Crippen MR) is 113 cm³/mol. The number of fused-ring (bicyclic) bond motifs is 6. The average Bonchev–Trinajstić information content (AvgIpc) is 3.23. The molecule has 0 amide bonds. The minimum absolute atomic E-state index is 0.947. The second-order valence-electron chi connectivity index (χ2n) is 7.11. The quantitative estimate of drug-likeness (QED) is 0.313. The number of rotatable bonds is 1. The molecule has 2 heterocycles. The summed E-state index contributed by atoms with van der Waals surface area (Å²) in [5, 5.41) is 4.81. The van der Waals surface area contributed by atoms with E-state index < -0.39 is 0 Å². The number of aromatic nitrogens is 1. The predicted octanol–water partition coefficient (Wildman–Crippen LogP) is 6.99. The summed E-state index contributed by atoms with van der Waals surface area (Å²) >= 11 is 0. The first kappa shape index (κ1) is 14.6. The molecule has 6 aromatic rings. The molecule has 2 aromatic heterocycles. The Morgan fingerprint density at radius 1 is 0.630 bits per heavy atom. The molecule has 27 heavy (non-hydrogen) atoms. The Labute approximate surface area is 156 Å². The monoisotopic (exact) mass is 347 g/mol. The normalized spacial score (nSPS) is 11.9. The molecule has 2 heteroatoms. The Balaban J connectivity index is 1.85. The number of nitrogens with zero attached hydrogens (tertiary/aromatic N) is 1. The molecule has 0 saturated heterocycles. The zero-order valence-electron chi connectivity index (χ0n) is 14.9. The average molecular weight is 347 g/mol. The number of furan rings is 1. The second kappa shape index (κ2) is 5.24. The van der Waals surface area contributed by atoms with Crippen LogP contribution in [0, 0.1) is 6.92 Å². The molecule has 128 valence electrons. The number of aryl methyl sites for hydroxylation is 1. The lowest BCUT2D eigenvalue weighted by Gasteiger charge is -2.07. The van der Waals surface area contributed by atoms with Crippen LogP contribution in [0.15, 0.2) is 89.3 Å². The lowest BCUT2D eigenvalue weighted by Crippen LogP contribution is -1.92. The van der Waals surface area contributed by atoms with Gasteiger partial charge in [-0.15, -0.1) is 0 Å². The molecule has 0 spiro atoms. The van der Waals surface area contributed by atoms with Crippen molar-refractivity contribution in [2.45, 2.75) is 6.92 Å². The molecule has 0 aliphatic heterocycles. The van der Waals surface area contributed by atoms with E-state index in [1.807, 2.05) is 0 Å². The summed E-state index contributed by atoms with van der Waals surface area (Å²) in [6.07, 6.45) is 0. The Bertz CT molecular complexity index is 1470. The van der Waals surface area contributed by atoms with E-state index in [1.165, 1.54) is 43.8 Å². The standard InChI is InChI=1S/C25H17NO/c1-16-8-7-12-19-21-14-23-20(15-24(21)27-25(16)19)18-11-5-6-13-22(18)26(23)17-9-3-2-4-10-17/h2-15H,1H3. The molecule has 0 aliphatic carbocycles. The summed E-state index contributed by atoms with van der Waals surface area (Å²) in [6, 6.07) is 30.0. The molecule has 0 fully saturated rings. The van der Waals surface area contributed by atoms with Gasteiger partial charge in [0.1, 0.15) is 11.2 Å². The van der Waals surface area contributed by atoms with Crippen LogP contribution in [0.4, 0.5) is 0 Å². The van der Waals surface area contributed by atoms with Gasteiger partial charge >= 0.3 is 0 Å². The Morgan fingerprint density at radius 2 is 1.41 bits per heavy atom. The van der Waals surface area contributed by atoms with Crippen molar-refractivity contribution in [3.8, 4) is 5.69 Å². The summed E-state index contributed by atoms with van der Waals surface area (Å²) < 4.78 is 8.59. The van der Waals surface area contributed by atoms with E-state index in [4.69, 9.17) is 4.42 Å². The van der Waals surface area contributed by atoms with Crippen LogP contribution in [0.3, 0.4) is 0 Å². The van der Waals surface area contributed by atoms with Crippen LogP contribution in [0.5, 0.6) is 0 Å². The van der Waals surface area contributed by atoms with Gasteiger partial charge in [-0.3, -0.25) is 0 Å². The van der Waals surface area contributed by atoms with Gasteiger partial charge in [0.05, 0.1) is 11.0 Å². The number of hydrogen-bond donors (Lipinski definition) is 0. The molecule has 0 aliphatic rings. The molecule has 0 saturated carbocycles. The minimum atomic E-state index is 0.947. The van der Waals surface area contributed by atoms with Gasteiger partial charge in [-0.2, -0.15) is 0 Å². The largest absolute Gasteiger partial charge is 0.456 e. The van der Waals surface area contributed by atoms with E-state index in [2.05, 4.69) is 96.4 Å². The fourth-order valence-corrected chi connectivity index (χ4v) is 4.26. The van der Waals surface area contributed by atoms with Crippen LogP contribution >= 0.6 is 0 Å². The third kappa shape index (κ3) is 1.95. The lowest BCUT2D eigenvalue weighted by atomic mass is 10.1. The van der Waals surface area contributed by atoms with Crippen LogP contribution in [0.25, 0.3) is 49.4 Å². The number of para-hydroxylation sites is 3. The van der Waals surface area contributed by atoms with Gasteiger partial charge in [0.15, 0.2) is 0 Å². The molecule has 6 rings (SSSR count). The summed E-state index contributed by atoms with van der Waals surface area (Å²) in [4.78, 5) is 0. The van der Waals surface area contributed by atoms with Gasteiger partial charge in [0.25, 0.3) is 0 Å². The summed E-state index contributed by atoms with van der Waals surface area (Å²) in [7, 11) is 0. The molecule has 4 aromatic carbocycles. The fourth-order valence-electron chi connectivity index (χ4n) is 4.26. The second-order valence-corrected chi connectivity index (χ2v) is 7.11. The van der Waals surface area contributed by atoms with Crippen LogP contribution in [0.2, 0.25) is 0 Å². The van der Waals surface area contributed by atoms with Gasteiger partial charge in [0, 0.05) is 27.2 Å². The first-order valence-corrected chi connectivity index (χ1v) is 9.22. The highest BCUT2D eigenvalue weighted by atomic mass is 16.3. The topological polar surface area (TPSA) is 18.1 Å². The Kier molecular flexibility index (Phi) is 2.84. The van der Waals surface area contributed by atoms with Crippen molar-refractivity contribution in [1.82, 2.24) is 4.57 Å². The van der Waals surface area contributed by atoms with Crippen molar-refractivity contribution in [3.63, 3.8) is 0 Å². The highest BCUT2D eigenvalue weighted by Crippen LogP contribution is 2.38. The van der Waals surface area contributed by atoms with E-state index in [1.54, 1.807) is 0 Å². The zero-order chi connectivity index (χ0) is 18.0. The maximum atomic E-state index is 6.25. The van der Waals surface area contributed by atoms with Crippen LogP contribution < -0.4 is 0 Å². The molecule has 0 atom stereocenters. The zero-order valence-corrected chi connectivity index (χ0v) is 14.9. The third-order valence-corrected chi connectivity index (χ3v) is 5.50. The molecule has 0 bridgehead atoms. The molecule has 0 radical (unpaired) electrons. The highest BCUT2D eigenvalue weighted by Gasteiger charge is 2.16. The van der Waals surface area contributed by atoms with E-state index in [0.29, 0.717) is 0 Å². The van der Waals surface area contributed by atoms with E-state index in [0.717, 1.165) is 11.2 Å². The van der Waals surface area contributed by atoms with Crippen molar-refractivity contribution >= 4 is 43.7 Å². The fraction of sp³-hybridized carbons (Fsp3) is 0.0400. The molecule has 0 N–H and O–H groups in total. The Hall–Kier alpha value is -3.52. The summed E-state index contributed by atoms with van der Waals surface area (Å²) in [5.74, 6) is 0. The van der Waals surface area contributed by atoms with E-state index in [9.17, 15) is 0 Å². The van der Waals surface area contributed by atoms with Crippen molar-refractivity contribution < 1.29 is 4.42 Å². The molecule has 2 nitrogen and oxygen atoms in total. The smallest absolute Gasteiger partial charge is 0.138 e. The van der Waals surface area contributed by atoms with Gasteiger partial charge < -0.3 is 8.98 Å². The SMILES string of the molecule is Cc1cccc2c1oc1cc3c4ccccc4n(-c4ccccc4)c3cc12. The maximum absolute atomic E-state index is 6.25. The van der Waals surface area contributed by atoms with Crippen molar-refractivity contribution in [2.24, 2.45) is 0 Å². The van der Waals surface area contributed by atoms with E-state index >= 15 is 0 Å². The number of hydrogen-bond acceptors (Lipinski definition) is 1. The first-order valence-electron chi connectivity index (χ1n) is 9.22. The summed E-state index contributed by atoms with van der Waals surface area (Å²) in [6.45, 7) is 2.10. The highest BCUT2D eigenvalue weighted by molar-refractivity contribution is 6.17. The van der Waals surface area contributed by atoms with Gasteiger partial charge in [-0.25, -0.2) is 0 Å². The van der Waals surface area contributed by atoms with Crippen LogP contribution in [-0.2, 0) is 0 Å². The maximum Gasteiger partial charge on any atom is 0.138 e. The molecule has 0 unspecified atom stereocenters. The van der Waals surface area contributed by atoms with Gasteiger partial charge in [-0.05, 0) is 42.8 Å². The van der Waals surface area contributed by atoms with Gasteiger partial charge in [-0.1, -0.05) is 54.6 Å². The summed E-state index contributed by atoms with van der Waals surface area (Å²) in [5.41, 5.74) is 6.70. The number of benzene rings is 4.